The summed E-state index contributed by atoms with van der Waals surface area (Å²) in [5.41, 5.74) is 2.66. The first-order chi connectivity index (χ1) is 16.7. The molecule has 2 aliphatic rings. The molecular formula is C26H33N3O5S. The zero-order valence-electron chi connectivity index (χ0n) is 20.4. The average Bonchev–Trinajstić information content (AvgIpc) is 3.40. The maximum Gasteiger partial charge on any atom is 0.253 e. The Morgan fingerprint density at radius 3 is 2.69 bits per heavy atom. The van der Waals surface area contributed by atoms with Crippen molar-refractivity contribution in [2.45, 2.75) is 50.2 Å². The lowest BCUT2D eigenvalue weighted by Gasteiger charge is -2.37. The van der Waals surface area contributed by atoms with Crippen molar-refractivity contribution in [2.75, 3.05) is 26.7 Å². The summed E-state index contributed by atoms with van der Waals surface area (Å²) in [5, 5.41) is 9.81. The van der Waals surface area contributed by atoms with Crippen LogP contribution in [0.4, 0.5) is 0 Å². The third kappa shape index (κ3) is 5.27. The van der Waals surface area contributed by atoms with Crippen molar-refractivity contribution < 1.29 is 23.1 Å². The lowest BCUT2D eigenvalue weighted by molar-refractivity contribution is 0.0563. The quantitative estimate of drug-likeness (QED) is 0.655. The Hall–Kier alpha value is -2.75. The molecule has 1 aromatic carbocycles. The van der Waals surface area contributed by atoms with Crippen LogP contribution in [0, 0.1) is 5.92 Å². The van der Waals surface area contributed by atoms with Crippen LogP contribution in [0.2, 0.25) is 0 Å². The Bertz CT molecular complexity index is 1200. The number of pyridine rings is 1. The van der Waals surface area contributed by atoms with E-state index in [1.54, 1.807) is 49.5 Å². The van der Waals surface area contributed by atoms with Gasteiger partial charge in [0.2, 0.25) is 10.0 Å². The third-order valence-corrected chi connectivity index (χ3v) is 8.83. The van der Waals surface area contributed by atoms with Gasteiger partial charge in [-0.1, -0.05) is 19.1 Å². The average molecular weight is 500 g/mol. The fourth-order valence-corrected chi connectivity index (χ4v) is 6.47. The molecule has 9 heteroatoms. The van der Waals surface area contributed by atoms with Gasteiger partial charge in [-0.3, -0.25) is 9.78 Å². The topological polar surface area (TPSA) is 100 Å². The van der Waals surface area contributed by atoms with Crippen LogP contribution in [0.25, 0.3) is 5.57 Å². The molecule has 0 saturated heterocycles. The lowest BCUT2D eigenvalue weighted by atomic mass is 10.0. The number of benzene rings is 1. The highest BCUT2D eigenvalue weighted by molar-refractivity contribution is 7.89. The van der Waals surface area contributed by atoms with Crippen LogP contribution >= 0.6 is 0 Å². The van der Waals surface area contributed by atoms with Crippen molar-refractivity contribution >= 4 is 21.5 Å². The van der Waals surface area contributed by atoms with Gasteiger partial charge in [0.15, 0.2) is 0 Å². The molecule has 2 aromatic rings. The number of sulfonamides is 1. The predicted molar refractivity (Wildman–Crippen MR) is 133 cm³/mol. The molecule has 8 nitrogen and oxygen atoms in total. The summed E-state index contributed by atoms with van der Waals surface area (Å²) in [4.78, 5) is 18.6. The number of rotatable bonds is 6. The SMILES string of the molecule is C[C@H](CO)N1C[C@H](C)[C@H](CN(C)C(=O)c2ccncc2)Oc2cc(C3=CCCC3)ccc2S1(=O)=O. The van der Waals surface area contributed by atoms with Gasteiger partial charge in [0.05, 0.1) is 13.2 Å². The number of likely N-dealkylation sites (N-methyl/N-ethyl adjacent to an activating group) is 1. The molecule has 4 rings (SSSR count). The van der Waals surface area contributed by atoms with E-state index >= 15 is 0 Å². The molecule has 188 valence electrons. The largest absolute Gasteiger partial charge is 0.487 e. The summed E-state index contributed by atoms with van der Waals surface area (Å²) in [6, 6.07) is 7.97. The Labute approximate surface area is 207 Å². The second kappa shape index (κ2) is 10.5. The standard InChI is InChI=1S/C26H33N3O5S/c1-18-15-29(19(2)17-30)35(32,33)25-9-8-22(20-6-4-5-7-20)14-23(25)34-24(18)16-28(3)26(31)21-10-12-27-13-11-21/h6,8-14,18-19,24,30H,4-5,7,15-17H2,1-3H3/t18-,19+,24-/m0/s1. The number of nitrogens with zero attached hydrogens (tertiary/aromatic N) is 3. The first-order valence-electron chi connectivity index (χ1n) is 12.0. The van der Waals surface area contributed by atoms with Crippen molar-refractivity contribution in [3.05, 3.63) is 59.9 Å². The van der Waals surface area contributed by atoms with Gasteiger partial charge in [-0.25, -0.2) is 8.42 Å². The monoisotopic (exact) mass is 499 g/mol. The number of hydrogen-bond acceptors (Lipinski definition) is 6. The molecule has 0 saturated carbocycles. The molecule has 1 amide bonds. The lowest BCUT2D eigenvalue weighted by Crippen LogP contribution is -2.50. The van der Waals surface area contributed by atoms with E-state index in [0.717, 1.165) is 24.8 Å². The minimum Gasteiger partial charge on any atom is -0.487 e. The summed E-state index contributed by atoms with van der Waals surface area (Å²) >= 11 is 0. The molecule has 1 aliphatic heterocycles. The van der Waals surface area contributed by atoms with Crippen LogP contribution in [0.1, 0.15) is 49.0 Å². The minimum atomic E-state index is -3.90. The van der Waals surface area contributed by atoms with E-state index < -0.39 is 22.2 Å². The number of aliphatic hydroxyl groups is 1. The predicted octanol–water partition coefficient (Wildman–Crippen LogP) is 3.19. The number of amides is 1. The molecule has 0 spiro atoms. The van der Waals surface area contributed by atoms with Crippen LogP contribution in [0.5, 0.6) is 5.75 Å². The van der Waals surface area contributed by atoms with Crippen molar-refractivity contribution in [1.82, 2.24) is 14.2 Å². The molecule has 35 heavy (non-hydrogen) atoms. The number of carbonyl (C=O) groups excluding carboxylic acids is 1. The van der Waals surface area contributed by atoms with Gasteiger partial charge in [0, 0.05) is 43.5 Å². The molecule has 1 aliphatic carbocycles. The summed E-state index contributed by atoms with van der Waals surface area (Å²) in [5.74, 6) is -0.121. The van der Waals surface area contributed by atoms with Gasteiger partial charge in [-0.15, -0.1) is 0 Å². The highest BCUT2D eigenvalue weighted by Gasteiger charge is 2.38. The number of aromatic nitrogens is 1. The van der Waals surface area contributed by atoms with Gasteiger partial charge >= 0.3 is 0 Å². The molecule has 0 unspecified atom stereocenters. The fraction of sp³-hybridized carbons (Fsp3) is 0.462. The van der Waals surface area contributed by atoms with Crippen molar-refractivity contribution in [1.29, 1.82) is 0 Å². The second-order valence-corrected chi connectivity index (χ2v) is 11.3. The highest BCUT2D eigenvalue weighted by atomic mass is 32.2. The molecule has 2 heterocycles. The molecule has 0 bridgehead atoms. The Balaban J connectivity index is 1.72. The van der Waals surface area contributed by atoms with E-state index in [0.29, 0.717) is 5.56 Å². The van der Waals surface area contributed by atoms with Crippen LogP contribution in [-0.2, 0) is 10.0 Å². The second-order valence-electron chi connectivity index (χ2n) is 9.44. The third-order valence-electron chi connectivity index (χ3n) is 6.81. The van der Waals surface area contributed by atoms with E-state index in [4.69, 9.17) is 4.74 Å². The molecule has 0 radical (unpaired) electrons. The van der Waals surface area contributed by atoms with Crippen LogP contribution < -0.4 is 4.74 Å². The summed E-state index contributed by atoms with van der Waals surface area (Å²) in [6.45, 7) is 3.75. The Kier molecular flexibility index (Phi) is 7.59. The van der Waals surface area contributed by atoms with E-state index in [9.17, 15) is 18.3 Å². The first-order valence-corrected chi connectivity index (χ1v) is 13.4. The highest BCUT2D eigenvalue weighted by Crippen LogP contribution is 2.37. The zero-order valence-corrected chi connectivity index (χ0v) is 21.2. The number of carbonyl (C=O) groups is 1. The van der Waals surface area contributed by atoms with E-state index in [-0.39, 0.29) is 42.2 Å². The van der Waals surface area contributed by atoms with E-state index in [1.807, 2.05) is 19.1 Å². The zero-order chi connectivity index (χ0) is 25.2. The first kappa shape index (κ1) is 25.3. The minimum absolute atomic E-state index is 0.0835. The van der Waals surface area contributed by atoms with Crippen molar-refractivity contribution in [3.63, 3.8) is 0 Å². The van der Waals surface area contributed by atoms with Crippen molar-refractivity contribution in [3.8, 4) is 5.75 Å². The van der Waals surface area contributed by atoms with E-state index in [1.165, 1.54) is 9.88 Å². The van der Waals surface area contributed by atoms with Gasteiger partial charge in [-0.05, 0) is 61.6 Å². The molecule has 1 aromatic heterocycles. The molecule has 1 N–H and O–H groups in total. The summed E-state index contributed by atoms with van der Waals surface area (Å²) < 4.78 is 35.0. The Morgan fingerprint density at radius 2 is 2.03 bits per heavy atom. The molecule has 0 fully saturated rings. The number of fused-ring (bicyclic) bond motifs is 1. The Morgan fingerprint density at radius 1 is 1.29 bits per heavy atom. The van der Waals surface area contributed by atoms with Crippen LogP contribution in [-0.4, -0.2) is 72.5 Å². The number of allylic oxidation sites excluding steroid dienone is 2. The van der Waals surface area contributed by atoms with Gasteiger partial charge in [0.1, 0.15) is 16.7 Å². The van der Waals surface area contributed by atoms with Gasteiger partial charge in [-0.2, -0.15) is 4.31 Å². The fourth-order valence-electron chi connectivity index (χ4n) is 4.64. The number of aliphatic hydroxyl groups excluding tert-OH is 1. The molecule has 3 atom stereocenters. The molecular weight excluding hydrogens is 466 g/mol. The van der Waals surface area contributed by atoms with Gasteiger partial charge in [0.25, 0.3) is 5.91 Å². The number of hydrogen-bond donors (Lipinski definition) is 1. The van der Waals surface area contributed by atoms with Crippen LogP contribution in [0.3, 0.4) is 0 Å². The van der Waals surface area contributed by atoms with Crippen LogP contribution in [0.15, 0.2) is 53.7 Å². The van der Waals surface area contributed by atoms with E-state index in [2.05, 4.69) is 11.1 Å². The maximum atomic E-state index is 13.6. The summed E-state index contributed by atoms with van der Waals surface area (Å²) in [7, 11) is -2.19. The smallest absolute Gasteiger partial charge is 0.253 e. The maximum absolute atomic E-state index is 13.6. The normalized spacial score (nSPS) is 22.8. The summed E-state index contributed by atoms with van der Waals surface area (Å²) in [6.07, 6.45) is 7.91. The van der Waals surface area contributed by atoms with Gasteiger partial charge < -0.3 is 14.7 Å². The number of ether oxygens (including phenoxy) is 1. The van der Waals surface area contributed by atoms with Crippen molar-refractivity contribution in [2.24, 2.45) is 5.92 Å².